The standard InChI is InChI=1S/C11H23N2/c1-9(2)8-12-6-7-13(10(3)4)11(12)5/h9-10H,6-8H2,1-5H3/q+1. The van der Waals surface area contributed by atoms with E-state index in [0.717, 1.165) is 5.92 Å². The zero-order chi connectivity index (χ0) is 10.0. The molecule has 0 unspecified atom stereocenters. The van der Waals surface area contributed by atoms with E-state index in [9.17, 15) is 0 Å². The van der Waals surface area contributed by atoms with E-state index < -0.39 is 0 Å². The third-order valence-corrected chi connectivity index (χ3v) is 2.69. The molecule has 0 radical (unpaired) electrons. The van der Waals surface area contributed by atoms with Crippen LogP contribution in [0, 0.1) is 5.92 Å². The first kappa shape index (κ1) is 10.6. The fourth-order valence-corrected chi connectivity index (χ4v) is 2.03. The van der Waals surface area contributed by atoms with Crippen LogP contribution in [0.3, 0.4) is 0 Å². The molecule has 0 saturated heterocycles. The first-order chi connectivity index (χ1) is 6.02. The largest absolute Gasteiger partial charge is 0.262 e. The SMILES string of the molecule is CC1=[N+](CC(C)C)CCN1C(C)C. The van der Waals surface area contributed by atoms with Gasteiger partial charge in [0.1, 0.15) is 13.1 Å². The van der Waals surface area contributed by atoms with Crippen LogP contribution in [-0.2, 0) is 0 Å². The fourth-order valence-electron chi connectivity index (χ4n) is 2.03. The van der Waals surface area contributed by atoms with Crippen molar-refractivity contribution in [3.05, 3.63) is 0 Å². The highest BCUT2D eigenvalue weighted by Gasteiger charge is 2.28. The molecule has 0 fully saturated rings. The maximum Gasteiger partial charge on any atom is 0.244 e. The van der Waals surface area contributed by atoms with Gasteiger partial charge in [0.2, 0.25) is 5.84 Å². The molecular weight excluding hydrogens is 160 g/mol. The summed E-state index contributed by atoms with van der Waals surface area (Å²) in [7, 11) is 0. The maximum atomic E-state index is 2.50. The molecule has 1 heterocycles. The van der Waals surface area contributed by atoms with E-state index in [4.69, 9.17) is 0 Å². The molecule has 0 aromatic rings. The minimum atomic E-state index is 0.650. The molecule has 1 aliphatic rings. The average Bonchev–Trinajstić information content (AvgIpc) is 2.32. The van der Waals surface area contributed by atoms with Gasteiger partial charge in [0.05, 0.1) is 12.6 Å². The molecule has 13 heavy (non-hydrogen) atoms. The number of amidine groups is 1. The van der Waals surface area contributed by atoms with Gasteiger partial charge in [-0.05, 0) is 19.8 Å². The Bertz CT molecular complexity index is 204. The zero-order valence-electron chi connectivity index (χ0n) is 9.67. The lowest BCUT2D eigenvalue weighted by molar-refractivity contribution is -0.524. The number of rotatable bonds is 3. The van der Waals surface area contributed by atoms with Crippen LogP contribution in [-0.4, -0.2) is 41.0 Å². The molecule has 0 amide bonds. The van der Waals surface area contributed by atoms with E-state index in [2.05, 4.69) is 44.1 Å². The average molecular weight is 183 g/mol. The molecule has 0 aliphatic carbocycles. The van der Waals surface area contributed by atoms with E-state index in [-0.39, 0.29) is 0 Å². The summed E-state index contributed by atoms with van der Waals surface area (Å²) in [5, 5.41) is 0. The van der Waals surface area contributed by atoms with Gasteiger partial charge in [0, 0.05) is 6.92 Å². The van der Waals surface area contributed by atoms with Gasteiger partial charge in [-0.3, -0.25) is 9.48 Å². The summed E-state index contributed by atoms with van der Waals surface area (Å²) in [6.45, 7) is 15.0. The first-order valence-electron chi connectivity index (χ1n) is 5.37. The van der Waals surface area contributed by atoms with Gasteiger partial charge in [-0.2, -0.15) is 0 Å². The highest BCUT2D eigenvalue weighted by Crippen LogP contribution is 2.08. The van der Waals surface area contributed by atoms with Crippen molar-refractivity contribution >= 4 is 5.84 Å². The predicted molar refractivity (Wildman–Crippen MR) is 57.4 cm³/mol. The Morgan fingerprint density at radius 1 is 1.31 bits per heavy atom. The highest BCUT2D eigenvalue weighted by atomic mass is 15.3. The Balaban J connectivity index is 2.64. The lowest BCUT2D eigenvalue weighted by Crippen LogP contribution is -2.33. The molecule has 0 saturated carbocycles. The molecule has 2 nitrogen and oxygen atoms in total. The normalized spacial score (nSPS) is 18.2. The van der Waals surface area contributed by atoms with Crippen molar-refractivity contribution in [2.45, 2.75) is 40.7 Å². The third-order valence-electron chi connectivity index (χ3n) is 2.69. The summed E-state index contributed by atoms with van der Waals surface area (Å²) in [6, 6.07) is 0.650. The van der Waals surface area contributed by atoms with Gasteiger partial charge < -0.3 is 0 Å². The summed E-state index contributed by atoms with van der Waals surface area (Å²) in [5.41, 5.74) is 0. The molecule has 0 spiro atoms. The smallest absolute Gasteiger partial charge is 0.244 e. The molecule has 0 aromatic carbocycles. The molecule has 0 bridgehead atoms. The second-order valence-electron chi connectivity index (χ2n) is 4.67. The summed E-state index contributed by atoms with van der Waals surface area (Å²) >= 11 is 0. The topological polar surface area (TPSA) is 6.25 Å². The molecule has 2 heteroatoms. The van der Waals surface area contributed by atoms with Crippen LogP contribution in [0.2, 0.25) is 0 Å². The van der Waals surface area contributed by atoms with Gasteiger partial charge in [-0.25, -0.2) is 0 Å². The van der Waals surface area contributed by atoms with Gasteiger partial charge in [0.25, 0.3) is 0 Å². The number of hydrogen-bond acceptors (Lipinski definition) is 1. The Kier molecular flexibility index (Phi) is 3.34. The van der Waals surface area contributed by atoms with Crippen LogP contribution in [0.4, 0.5) is 0 Å². The summed E-state index contributed by atoms with van der Waals surface area (Å²) < 4.78 is 2.50. The number of hydrogen-bond donors (Lipinski definition) is 0. The predicted octanol–water partition coefficient (Wildman–Crippen LogP) is 1.80. The van der Waals surface area contributed by atoms with Crippen molar-refractivity contribution in [3.8, 4) is 0 Å². The fraction of sp³-hybridized carbons (Fsp3) is 0.909. The molecule has 0 atom stereocenters. The molecular formula is C11H23N2+. The second-order valence-corrected chi connectivity index (χ2v) is 4.67. The van der Waals surface area contributed by atoms with E-state index in [1.54, 1.807) is 0 Å². The Labute approximate surface area is 82.2 Å². The molecule has 1 rings (SSSR count). The van der Waals surface area contributed by atoms with Crippen molar-refractivity contribution in [1.82, 2.24) is 4.90 Å². The molecule has 1 aliphatic heterocycles. The van der Waals surface area contributed by atoms with Gasteiger partial charge in [-0.15, -0.1) is 0 Å². The lowest BCUT2D eigenvalue weighted by Gasteiger charge is -2.14. The van der Waals surface area contributed by atoms with Crippen LogP contribution in [0.5, 0.6) is 0 Å². The Morgan fingerprint density at radius 3 is 2.31 bits per heavy atom. The lowest BCUT2D eigenvalue weighted by atomic mass is 10.2. The highest BCUT2D eigenvalue weighted by molar-refractivity contribution is 5.75. The first-order valence-corrected chi connectivity index (χ1v) is 5.37. The van der Waals surface area contributed by atoms with Gasteiger partial charge in [0.15, 0.2) is 0 Å². The van der Waals surface area contributed by atoms with Crippen molar-refractivity contribution in [3.63, 3.8) is 0 Å². The van der Waals surface area contributed by atoms with Crippen molar-refractivity contribution < 1.29 is 4.58 Å². The van der Waals surface area contributed by atoms with Gasteiger partial charge >= 0.3 is 0 Å². The summed E-state index contributed by atoms with van der Waals surface area (Å²) in [6.07, 6.45) is 0. The van der Waals surface area contributed by atoms with E-state index >= 15 is 0 Å². The molecule has 0 aromatic heterocycles. The van der Waals surface area contributed by atoms with Crippen LogP contribution >= 0.6 is 0 Å². The minimum absolute atomic E-state index is 0.650. The Morgan fingerprint density at radius 2 is 1.92 bits per heavy atom. The minimum Gasteiger partial charge on any atom is -0.262 e. The molecule has 76 valence electrons. The number of nitrogens with zero attached hydrogens (tertiary/aromatic N) is 2. The maximum absolute atomic E-state index is 2.50. The third kappa shape index (κ3) is 2.45. The van der Waals surface area contributed by atoms with E-state index in [0.29, 0.717) is 6.04 Å². The van der Waals surface area contributed by atoms with Gasteiger partial charge in [-0.1, -0.05) is 13.8 Å². The summed E-state index contributed by atoms with van der Waals surface area (Å²) in [4.78, 5) is 2.49. The van der Waals surface area contributed by atoms with Crippen LogP contribution in [0.1, 0.15) is 34.6 Å². The Hall–Kier alpha value is -0.530. The molecule has 0 N–H and O–H groups in total. The quantitative estimate of drug-likeness (QED) is 0.605. The van der Waals surface area contributed by atoms with Crippen LogP contribution < -0.4 is 0 Å². The zero-order valence-corrected chi connectivity index (χ0v) is 9.67. The van der Waals surface area contributed by atoms with Crippen LogP contribution in [0.15, 0.2) is 0 Å². The van der Waals surface area contributed by atoms with Crippen molar-refractivity contribution in [2.75, 3.05) is 19.6 Å². The summed E-state index contributed by atoms with van der Waals surface area (Å²) in [5.74, 6) is 2.23. The van der Waals surface area contributed by atoms with E-state index in [1.165, 1.54) is 25.5 Å². The van der Waals surface area contributed by atoms with Crippen molar-refractivity contribution in [2.24, 2.45) is 5.92 Å². The van der Waals surface area contributed by atoms with E-state index in [1.807, 2.05) is 0 Å². The van der Waals surface area contributed by atoms with Crippen molar-refractivity contribution in [1.29, 1.82) is 0 Å². The monoisotopic (exact) mass is 183 g/mol. The van der Waals surface area contributed by atoms with Crippen LogP contribution in [0.25, 0.3) is 0 Å². The second kappa shape index (κ2) is 4.12.